The Morgan fingerprint density at radius 1 is 1.12 bits per heavy atom. The predicted molar refractivity (Wildman–Crippen MR) is 123 cm³/mol. The summed E-state index contributed by atoms with van der Waals surface area (Å²) < 4.78 is 9.25. The number of pyridine rings is 1. The topological polar surface area (TPSA) is 127 Å². The summed E-state index contributed by atoms with van der Waals surface area (Å²) in [5, 5.41) is 5.05. The van der Waals surface area contributed by atoms with Gasteiger partial charge >= 0.3 is 5.97 Å². The van der Waals surface area contributed by atoms with Crippen molar-refractivity contribution in [3.63, 3.8) is 0 Å². The molecule has 0 amide bonds. The lowest BCUT2D eigenvalue weighted by Gasteiger charge is -2.09. The lowest BCUT2D eigenvalue weighted by Crippen LogP contribution is -2.10. The van der Waals surface area contributed by atoms with Gasteiger partial charge in [-0.1, -0.05) is 30.3 Å². The van der Waals surface area contributed by atoms with E-state index in [1.165, 1.54) is 6.33 Å². The van der Waals surface area contributed by atoms with Crippen LogP contribution in [0.15, 0.2) is 55.2 Å². The van der Waals surface area contributed by atoms with E-state index in [1.54, 1.807) is 23.3 Å². The predicted octanol–water partition coefficient (Wildman–Crippen LogP) is 3.09. The molecule has 5 aromatic rings. The zero-order valence-electron chi connectivity index (χ0n) is 18.0. The number of nitrogens with two attached hydrogens (primary N) is 1. The van der Waals surface area contributed by atoms with Gasteiger partial charge in [-0.3, -0.25) is 0 Å². The molecule has 0 aliphatic rings. The minimum atomic E-state index is -0.405. The number of nitrogens with zero attached hydrogens (tertiary/aromatic N) is 7. The first-order valence-electron chi connectivity index (χ1n) is 10.7. The molecule has 10 nitrogen and oxygen atoms in total. The Labute approximate surface area is 189 Å². The van der Waals surface area contributed by atoms with Gasteiger partial charge in [-0.25, -0.2) is 29.4 Å². The van der Waals surface area contributed by atoms with Gasteiger partial charge in [0.15, 0.2) is 17.1 Å². The number of carbonyl (C=O) groups is 1. The number of benzene rings is 1. The van der Waals surface area contributed by atoms with Gasteiger partial charge in [0, 0.05) is 18.7 Å². The molecule has 0 aliphatic heterocycles. The quantitative estimate of drug-likeness (QED) is 0.301. The van der Waals surface area contributed by atoms with Gasteiger partial charge < -0.3 is 15.0 Å². The number of rotatable bonds is 7. The van der Waals surface area contributed by atoms with Crippen LogP contribution in [0.25, 0.3) is 33.5 Å². The first-order chi connectivity index (χ1) is 16.2. The van der Waals surface area contributed by atoms with E-state index in [9.17, 15) is 4.79 Å². The Morgan fingerprint density at radius 3 is 2.79 bits per heavy atom. The average molecular weight is 442 g/mol. The number of esters is 1. The third-order valence-electron chi connectivity index (χ3n) is 5.40. The van der Waals surface area contributed by atoms with Gasteiger partial charge in [0.05, 0.1) is 35.8 Å². The standard InChI is InChI=1S/C23H22N8O2/c1-2-31-21-17(12-28-31)16(11-18(29-21)15-7-4-3-5-8-15)23(32)33-10-6-9-30-14-27-19-20(24)25-13-26-22(19)30/h3-5,7-8,11-14H,2,6,9-10H2,1H3,(H2,24,25,26). The Hall–Kier alpha value is -4.34. The fourth-order valence-electron chi connectivity index (χ4n) is 3.74. The average Bonchev–Trinajstić information content (AvgIpc) is 3.46. The molecule has 0 atom stereocenters. The van der Waals surface area contributed by atoms with Crippen molar-refractivity contribution in [2.45, 2.75) is 26.4 Å². The maximum Gasteiger partial charge on any atom is 0.339 e. The van der Waals surface area contributed by atoms with Crippen molar-refractivity contribution in [2.75, 3.05) is 12.3 Å². The Morgan fingerprint density at radius 2 is 1.97 bits per heavy atom. The molecule has 0 radical (unpaired) electrons. The van der Waals surface area contributed by atoms with Crippen LogP contribution in [0.1, 0.15) is 23.7 Å². The maximum absolute atomic E-state index is 13.0. The van der Waals surface area contributed by atoms with Crippen molar-refractivity contribution < 1.29 is 9.53 Å². The number of aryl methyl sites for hydroxylation is 2. The molecule has 4 aromatic heterocycles. The normalized spacial score (nSPS) is 11.3. The number of ether oxygens (including phenoxy) is 1. The number of fused-ring (bicyclic) bond motifs is 2. The monoisotopic (exact) mass is 442 g/mol. The second kappa shape index (κ2) is 8.65. The third-order valence-corrected chi connectivity index (χ3v) is 5.40. The van der Waals surface area contributed by atoms with Crippen molar-refractivity contribution >= 4 is 34.0 Å². The fraction of sp³-hybridized carbons (Fsp3) is 0.217. The zero-order valence-corrected chi connectivity index (χ0v) is 18.0. The van der Waals surface area contributed by atoms with Gasteiger partial charge in [-0.05, 0) is 19.4 Å². The number of aromatic nitrogens is 7. The molecule has 5 rings (SSSR count). The van der Waals surface area contributed by atoms with Gasteiger partial charge in [-0.2, -0.15) is 5.10 Å². The molecule has 166 valence electrons. The lowest BCUT2D eigenvalue weighted by atomic mass is 10.1. The molecule has 0 fully saturated rings. The third kappa shape index (κ3) is 3.86. The van der Waals surface area contributed by atoms with Crippen LogP contribution in [0.2, 0.25) is 0 Å². The smallest absolute Gasteiger partial charge is 0.339 e. The number of carbonyl (C=O) groups excluding carboxylic acids is 1. The molecule has 10 heteroatoms. The summed E-state index contributed by atoms with van der Waals surface area (Å²) in [5.74, 6) is -0.0639. The zero-order chi connectivity index (χ0) is 22.8. The van der Waals surface area contributed by atoms with Gasteiger partial charge in [0.1, 0.15) is 11.8 Å². The van der Waals surface area contributed by atoms with E-state index in [1.807, 2.05) is 41.8 Å². The van der Waals surface area contributed by atoms with E-state index in [2.05, 4.69) is 20.1 Å². The highest BCUT2D eigenvalue weighted by atomic mass is 16.5. The second-order valence-corrected chi connectivity index (χ2v) is 7.48. The number of nitrogen functional groups attached to an aromatic ring is 1. The molecule has 0 saturated carbocycles. The maximum atomic E-state index is 13.0. The van der Waals surface area contributed by atoms with Crippen LogP contribution in [0.4, 0.5) is 5.82 Å². The number of imidazole rings is 1. The van der Waals surface area contributed by atoms with E-state index in [4.69, 9.17) is 15.5 Å². The van der Waals surface area contributed by atoms with Crippen LogP contribution in [0, 0.1) is 0 Å². The molecule has 0 aliphatic carbocycles. The molecule has 0 spiro atoms. The van der Waals surface area contributed by atoms with Crippen LogP contribution >= 0.6 is 0 Å². The van der Waals surface area contributed by atoms with Crippen LogP contribution in [-0.2, 0) is 17.8 Å². The highest BCUT2D eigenvalue weighted by molar-refractivity contribution is 6.03. The van der Waals surface area contributed by atoms with Crippen LogP contribution in [0.5, 0.6) is 0 Å². The molecular formula is C23H22N8O2. The SMILES string of the molecule is CCn1ncc2c(C(=O)OCCCn3cnc4c(N)ncnc43)cc(-c3ccccc3)nc21. The van der Waals surface area contributed by atoms with Crippen molar-refractivity contribution in [3.8, 4) is 11.3 Å². The highest BCUT2D eigenvalue weighted by Gasteiger charge is 2.18. The summed E-state index contributed by atoms with van der Waals surface area (Å²) in [6, 6.07) is 11.5. The summed E-state index contributed by atoms with van der Waals surface area (Å²) in [4.78, 5) is 30.2. The largest absolute Gasteiger partial charge is 0.462 e. The Bertz CT molecular complexity index is 1440. The number of hydrogen-bond donors (Lipinski definition) is 1. The lowest BCUT2D eigenvalue weighted by molar-refractivity contribution is 0.0498. The highest BCUT2D eigenvalue weighted by Crippen LogP contribution is 2.25. The fourth-order valence-corrected chi connectivity index (χ4v) is 3.74. The van der Waals surface area contributed by atoms with Gasteiger partial charge in [-0.15, -0.1) is 0 Å². The Balaban J connectivity index is 1.34. The summed E-state index contributed by atoms with van der Waals surface area (Å²) in [6.45, 7) is 3.45. The molecular weight excluding hydrogens is 420 g/mol. The van der Waals surface area contributed by atoms with E-state index in [-0.39, 0.29) is 6.61 Å². The van der Waals surface area contributed by atoms with Crippen molar-refractivity contribution in [3.05, 3.63) is 60.8 Å². The van der Waals surface area contributed by atoms with Crippen LogP contribution < -0.4 is 5.73 Å². The first kappa shape index (κ1) is 20.6. The molecule has 0 bridgehead atoms. The molecule has 1 aromatic carbocycles. The van der Waals surface area contributed by atoms with E-state index in [0.717, 1.165) is 5.56 Å². The van der Waals surface area contributed by atoms with Crippen molar-refractivity contribution in [1.29, 1.82) is 0 Å². The first-order valence-corrected chi connectivity index (χ1v) is 10.7. The van der Waals surface area contributed by atoms with Crippen LogP contribution in [-0.4, -0.2) is 46.9 Å². The molecule has 4 heterocycles. The van der Waals surface area contributed by atoms with Gasteiger partial charge in [0.25, 0.3) is 0 Å². The van der Waals surface area contributed by atoms with Crippen molar-refractivity contribution in [2.24, 2.45) is 0 Å². The van der Waals surface area contributed by atoms with Gasteiger partial charge in [0.2, 0.25) is 0 Å². The molecule has 0 unspecified atom stereocenters. The summed E-state index contributed by atoms with van der Waals surface area (Å²) in [6.07, 6.45) is 5.33. The van der Waals surface area contributed by atoms with E-state index >= 15 is 0 Å². The van der Waals surface area contributed by atoms with Crippen LogP contribution in [0.3, 0.4) is 0 Å². The Kier molecular flexibility index (Phi) is 5.39. The summed E-state index contributed by atoms with van der Waals surface area (Å²) >= 11 is 0. The second-order valence-electron chi connectivity index (χ2n) is 7.48. The minimum absolute atomic E-state index is 0.242. The van der Waals surface area contributed by atoms with Crippen molar-refractivity contribution in [1.82, 2.24) is 34.3 Å². The molecule has 0 saturated heterocycles. The molecule has 2 N–H and O–H groups in total. The van der Waals surface area contributed by atoms with E-state index in [0.29, 0.717) is 58.8 Å². The number of anilines is 1. The summed E-state index contributed by atoms with van der Waals surface area (Å²) in [5.41, 5.74) is 9.79. The number of hydrogen-bond acceptors (Lipinski definition) is 8. The van der Waals surface area contributed by atoms with E-state index < -0.39 is 5.97 Å². The minimum Gasteiger partial charge on any atom is -0.462 e. The summed E-state index contributed by atoms with van der Waals surface area (Å²) in [7, 11) is 0. The molecule has 33 heavy (non-hydrogen) atoms.